The Hall–Kier alpha value is -3.15. The van der Waals surface area contributed by atoms with Crippen LogP contribution >= 0.6 is 0 Å². The normalized spacial score (nSPS) is 15.8. The summed E-state index contributed by atoms with van der Waals surface area (Å²) in [5, 5.41) is 2.89. The molecule has 1 aliphatic rings. The molecule has 1 fully saturated rings. The van der Waals surface area contributed by atoms with E-state index in [0.29, 0.717) is 30.9 Å². The van der Waals surface area contributed by atoms with E-state index >= 15 is 0 Å². The zero-order valence-electron chi connectivity index (χ0n) is 18.6. The molecule has 6 heteroatoms. The maximum atomic E-state index is 13.0. The molecule has 2 aromatic rings. The summed E-state index contributed by atoms with van der Waals surface area (Å²) in [6.45, 7) is 7.77. The first kappa shape index (κ1) is 22.5. The molecule has 0 aromatic heterocycles. The first-order valence-electron chi connectivity index (χ1n) is 11.0. The molecule has 31 heavy (non-hydrogen) atoms. The summed E-state index contributed by atoms with van der Waals surface area (Å²) >= 11 is 0. The van der Waals surface area contributed by atoms with Crippen LogP contribution in [0.5, 0.6) is 0 Å². The molecule has 2 aromatic carbocycles. The average molecular weight is 422 g/mol. The second kappa shape index (κ2) is 10.2. The quantitative estimate of drug-likeness (QED) is 0.693. The second-order valence-electron chi connectivity index (χ2n) is 8.00. The van der Waals surface area contributed by atoms with Crippen LogP contribution in [-0.4, -0.2) is 42.3 Å². The predicted octanol–water partition coefficient (Wildman–Crippen LogP) is 4.25. The molecule has 1 aliphatic heterocycles. The van der Waals surface area contributed by atoms with E-state index in [-0.39, 0.29) is 30.1 Å². The van der Waals surface area contributed by atoms with E-state index in [9.17, 15) is 14.4 Å². The van der Waals surface area contributed by atoms with Gasteiger partial charge in [0.15, 0.2) is 0 Å². The highest BCUT2D eigenvalue weighted by Crippen LogP contribution is 2.23. The van der Waals surface area contributed by atoms with Gasteiger partial charge in [-0.05, 0) is 56.2 Å². The van der Waals surface area contributed by atoms with Crippen LogP contribution in [0.3, 0.4) is 0 Å². The molecule has 6 nitrogen and oxygen atoms in total. The maximum Gasteiger partial charge on any atom is 0.258 e. The summed E-state index contributed by atoms with van der Waals surface area (Å²) in [7, 11) is 0. The maximum absolute atomic E-state index is 13.0. The number of unbranched alkanes of at least 4 members (excludes halogenated alkanes) is 1. The highest BCUT2D eigenvalue weighted by Gasteiger charge is 2.33. The van der Waals surface area contributed by atoms with Crippen LogP contribution in [0.2, 0.25) is 0 Å². The molecule has 0 radical (unpaired) electrons. The van der Waals surface area contributed by atoms with E-state index in [1.54, 1.807) is 34.1 Å². The van der Waals surface area contributed by atoms with Crippen molar-refractivity contribution in [1.29, 1.82) is 0 Å². The van der Waals surface area contributed by atoms with Crippen LogP contribution in [0.4, 0.5) is 11.4 Å². The number of amides is 3. The smallest absolute Gasteiger partial charge is 0.258 e. The Labute approximate surface area is 184 Å². The highest BCUT2D eigenvalue weighted by atomic mass is 16.2. The van der Waals surface area contributed by atoms with Gasteiger partial charge in [0.2, 0.25) is 11.8 Å². The average Bonchev–Trinajstić information content (AvgIpc) is 3.15. The lowest BCUT2D eigenvalue weighted by Gasteiger charge is -2.23. The summed E-state index contributed by atoms with van der Waals surface area (Å²) in [6, 6.07) is 14.7. The summed E-state index contributed by atoms with van der Waals surface area (Å²) in [5.41, 5.74) is 3.12. The molecule has 164 valence electrons. The number of aryl methyl sites for hydroxylation is 1. The fourth-order valence-corrected chi connectivity index (χ4v) is 3.90. The number of nitrogens with zero attached hydrogens (tertiary/aromatic N) is 2. The number of carbonyl (C=O) groups excluding carboxylic acids is 3. The molecule has 0 unspecified atom stereocenters. The molecule has 1 heterocycles. The zero-order valence-corrected chi connectivity index (χ0v) is 18.6. The van der Waals surface area contributed by atoms with E-state index in [4.69, 9.17) is 0 Å². The zero-order chi connectivity index (χ0) is 22.4. The molecule has 3 amide bonds. The number of rotatable bonds is 8. The fourth-order valence-electron chi connectivity index (χ4n) is 3.90. The number of nitrogens with one attached hydrogen (secondary N) is 1. The third kappa shape index (κ3) is 5.32. The molecular formula is C25H31N3O3. The van der Waals surface area contributed by atoms with Crippen LogP contribution in [0.15, 0.2) is 48.5 Å². The third-order valence-corrected chi connectivity index (χ3v) is 5.73. The minimum Gasteiger partial charge on any atom is -0.342 e. The van der Waals surface area contributed by atoms with Gasteiger partial charge in [-0.1, -0.05) is 31.5 Å². The molecular weight excluding hydrogens is 390 g/mol. The number of anilines is 2. The molecule has 0 aliphatic carbocycles. The molecule has 0 bridgehead atoms. The Balaban J connectivity index is 1.63. The molecule has 0 spiro atoms. The second-order valence-corrected chi connectivity index (χ2v) is 8.00. The number of likely N-dealkylation sites (tertiary alicyclic amines) is 1. The minimum atomic E-state index is -0.331. The van der Waals surface area contributed by atoms with Crippen molar-refractivity contribution in [1.82, 2.24) is 4.90 Å². The third-order valence-electron chi connectivity index (χ3n) is 5.73. The molecule has 3 rings (SSSR count). The van der Waals surface area contributed by atoms with Gasteiger partial charge in [-0.15, -0.1) is 0 Å². The van der Waals surface area contributed by atoms with Crippen molar-refractivity contribution in [3.05, 3.63) is 59.7 Å². The highest BCUT2D eigenvalue weighted by molar-refractivity contribution is 6.07. The Morgan fingerprint density at radius 1 is 1.10 bits per heavy atom. The van der Waals surface area contributed by atoms with Gasteiger partial charge in [0.05, 0.1) is 5.92 Å². The number of benzene rings is 2. The summed E-state index contributed by atoms with van der Waals surface area (Å²) in [5.74, 6) is -0.517. The van der Waals surface area contributed by atoms with Gasteiger partial charge < -0.3 is 15.1 Å². The molecule has 1 saturated heterocycles. The van der Waals surface area contributed by atoms with Gasteiger partial charge in [-0.2, -0.15) is 0 Å². The van der Waals surface area contributed by atoms with E-state index in [0.717, 1.165) is 24.1 Å². The summed E-state index contributed by atoms with van der Waals surface area (Å²) in [4.78, 5) is 41.3. The number of carbonyl (C=O) groups is 3. The van der Waals surface area contributed by atoms with E-state index in [2.05, 4.69) is 12.2 Å². The Morgan fingerprint density at radius 2 is 1.81 bits per heavy atom. The predicted molar refractivity (Wildman–Crippen MR) is 123 cm³/mol. The van der Waals surface area contributed by atoms with Crippen LogP contribution in [0, 0.1) is 12.8 Å². The lowest BCUT2D eigenvalue weighted by molar-refractivity contribution is -0.128. The Morgan fingerprint density at radius 3 is 2.45 bits per heavy atom. The number of para-hydroxylation sites is 1. The standard InChI is InChI=1S/C25H31N3O3/c1-4-6-15-27-17-20(16-23(27)29)24(30)26-21-13-11-19(12-14-21)25(31)28(5-2)22-10-8-7-9-18(22)3/h7-14,20H,4-6,15-17H2,1-3H3,(H,26,30)/t20-/m0/s1. The van der Waals surface area contributed by atoms with Crippen molar-refractivity contribution >= 4 is 29.1 Å². The monoisotopic (exact) mass is 421 g/mol. The Kier molecular flexibility index (Phi) is 7.45. The van der Waals surface area contributed by atoms with Crippen molar-refractivity contribution in [3.63, 3.8) is 0 Å². The van der Waals surface area contributed by atoms with Crippen LogP contribution in [-0.2, 0) is 9.59 Å². The largest absolute Gasteiger partial charge is 0.342 e. The van der Waals surface area contributed by atoms with Gasteiger partial charge in [0.25, 0.3) is 5.91 Å². The SMILES string of the molecule is CCCCN1C[C@@H](C(=O)Nc2ccc(C(=O)N(CC)c3ccccc3C)cc2)CC1=O. The lowest BCUT2D eigenvalue weighted by Crippen LogP contribution is -2.31. The fraction of sp³-hybridized carbons (Fsp3) is 0.400. The summed E-state index contributed by atoms with van der Waals surface area (Å²) in [6.07, 6.45) is 2.23. The molecule has 1 N–H and O–H groups in total. The van der Waals surface area contributed by atoms with Crippen molar-refractivity contribution in [3.8, 4) is 0 Å². The van der Waals surface area contributed by atoms with Crippen molar-refractivity contribution in [2.24, 2.45) is 5.92 Å². The van der Waals surface area contributed by atoms with Crippen molar-refractivity contribution < 1.29 is 14.4 Å². The first-order valence-corrected chi connectivity index (χ1v) is 11.0. The van der Waals surface area contributed by atoms with Gasteiger partial charge in [0.1, 0.15) is 0 Å². The summed E-state index contributed by atoms with van der Waals surface area (Å²) < 4.78 is 0. The van der Waals surface area contributed by atoms with Crippen molar-refractivity contribution in [2.45, 2.75) is 40.0 Å². The topological polar surface area (TPSA) is 69.7 Å². The van der Waals surface area contributed by atoms with Gasteiger partial charge in [-0.25, -0.2) is 0 Å². The Bertz CT molecular complexity index is 939. The molecule has 0 saturated carbocycles. The lowest BCUT2D eigenvalue weighted by atomic mass is 10.1. The van der Waals surface area contributed by atoms with Crippen molar-refractivity contribution in [2.75, 3.05) is 29.9 Å². The first-order chi connectivity index (χ1) is 14.9. The van der Waals surface area contributed by atoms with Crippen LogP contribution < -0.4 is 10.2 Å². The number of hydrogen-bond acceptors (Lipinski definition) is 3. The minimum absolute atomic E-state index is 0.0467. The van der Waals surface area contributed by atoms with E-state index < -0.39 is 0 Å². The van der Waals surface area contributed by atoms with Gasteiger partial charge in [-0.3, -0.25) is 14.4 Å². The molecule has 1 atom stereocenters. The van der Waals surface area contributed by atoms with Crippen LogP contribution in [0.1, 0.15) is 49.0 Å². The number of hydrogen-bond donors (Lipinski definition) is 1. The van der Waals surface area contributed by atoms with Gasteiger partial charge >= 0.3 is 0 Å². The van der Waals surface area contributed by atoms with Gasteiger partial charge in [0, 0.05) is 43.0 Å². The van der Waals surface area contributed by atoms with E-state index in [1.165, 1.54) is 0 Å². The van der Waals surface area contributed by atoms with Crippen LogP contribution in [0.25, 0.3) is 0 Å². The van der Waals surface area contributed by atoms with E-state index in [1.807, 2.05) is 38.1 Å².